The van der Waals surface area contributed by atoms with Crippen molar-refractivity contribution in [2.75, 3.05) is 7.05 Å². The van der Waals surface area contributed by atoms with Gasteiger partial charge in [0.05, 0.1) is 7.05 Å². The first-order valence-corrected chi connectivity index (χ1v) is 8.05. The van der Waals surface area contributed by atoms with Gasteiger partial charge in [-0.1, -0.05) is 12.1 Å². The number of pyridine rings is 1. The molecule has 0 saturated carbocycles. The fraction of sp³-hybridized carbons (Fsp3) is 0.235. The molecule has 3 aromatic rings. The lowest BCUT2D eigenvalue weighted by molar-refractivity contribution is -0.917. The number of halogens is 1. The van der Waals surface area contributed by atoms with Gasteiger partial charge in [0.25, 0.3) is 0 Å². The highest BCUT2D eigenvalue weighted by atomic mass is 32.1. The Hall–Kier alpha value is -2.38. The average molecular weight is 344 g/mol. The lowest BCUT2D eigenvalue weighted by atomic mass is 10.2. The lowest BCUT2D eigenvalue weighted by Crippen LogP contribution is -3.07. The van der Waals surface area contributed by atoms with Crippen LogP contribution in [0.4, 0.5) is 4.39 Å². The second-order valence-electron chi connectivity index (χ2n) is 5.82. The van der Waals surface area contributed by atoms with Crippen LogP contribution in [0.15, 0.2) is 48.8 Å². The van der Waals surface area contributed by atoms with E-state index in [1.807, 2.05) is 36.9 Å². The van der Waals surface area contributed by atoms with Crippen molar-refractivity contribution in [1.82, 2.24) is 19.3 Å². The molecule has 24 heavy (non-hydrogen) atoms. The summed E-state index contributed by atoms with van der Waals surface area (Å²) in [5.41, 5.74) is 1.92. The standard InChI is InChI=1S/C17H18FN5S/c1-21(11-13-4-3-5-15(18)10-13)12-23-17(24)22(2)16(20-23)14-6-8-19-9-7-14/h3-10H,11-12H2,1-2H3/p+1. The number of hydrogen-bond donors (Lipinski definition) is 1. The molecule has 0 radical (unpaired) electrons. The predicted octanol–water partition coefficient (Wildman–Crippen LogP) is 1.82. The molecular weight excluding hydrogens is 325 g/mol. The van der Waals surface area contributed by atoms with E-state index < -0.39 is 0 Å². The molecule has 0 aliphatic rings. The third-order valence-electron chi connectivity index (χ3n) is 3.79. The monoisotopic (exact) mass is 344 g/mol. The van der Waals surface area contributed by atoms with Gasteiger partial charge in [-0.2, -0.15) is 4.68 Å². The van der Waals surface area contributed by atoms with Crippen molar-refractivity contribution in [1.29, 1.82) is 0 Å². The molecule has 0 bridgehead atoms. The normalized spacial score (nSPS) is 12.3. The minimum atomic E-state index is -0.213. The molecule has 124 valence electrons. The molecule has 0 amide bonds. The first-order valence-electron chi connectivity index (χ1n) is 7.64. The van der Waals surface area contributed by atoms with Gasteiger partial charge in [-0.15, -0.1) is 5.10 Å². The van der Waals surface area contributed by atoms with Crippen molar-refractivity contribution in [3.05, 3.63) is 64.9 Å². The highest BCUT2D eigenvalue weighted by Crippen LogP contribution is 2.15. The summed E-state index contributed by atoms with van der Waals surface area (Å²) in [6, 6.07) is 10.5. The molecule has 0 saturated heterocycles. The van der Waals surface area contributed by atoms with Gasteiger partial charge in [-0.05, 0) is 36.5 Å². The summed E-state index contributed by atoms with van der Waals surface area (Å²) in [5.74, 6) is 0.593. The zero-order valence-electron chi connectivity index (χ0n) is 13.6. The average Bonchev–Trinajstić information content (AvgIpc) is 2.84. The van der Waals surface area contributed by atoms with E-state index in [4.69, 9.17) is 12.2 Å². The van der Waals surface area contributed by atoms with Crippen LogP contribution in [0.25, 0.3) is 11.4 Å². The zero-order valence-corrected chi connectivity index (χ0v) is 14.4. The Morgan fingerprint density at radius 3 is 2.67 bits per heavy atom. The topological polar surface area (TPSA) is 40.1 Å². The highest BCUT2D eigenvalue weighted by molar-refractivity contribution is 7.71. The number of aromatic nitrogens is 4. The quantitative estimate of drug-likeness (QED) is 0.718. The van der Waals surface area contributed by atoms with Crippen LogP contribution in [0.1, 0.15) is 5.56 Å². The molecular formula is C17H19FN5S+. The Kier molecular flexibility index (Phi) is 4.82. The Labute approximate surface area is 145 Å². The molecule has 0 fully saturated rings. The van der Waals surface area contributed by atoms with Gasteiger partial charge >= 0.3 is 0 Å². The molecule has 5 nitrogen and oxygen atoms in total. The second-order valence-corrected chi connectivity index (χ2v) is 6.19. The summed E-state index contributed by atoms with van der Waals surface area (Å²) in [5, 5.41) is 4.63. The summed E-state index contributed by atoms with van der Waals surface area (Å²) in [4.78, 5) is 5.19. The Morgan fingerprint density at radius 2 is 1.96 bits per heavy atom. The van der Waals surface area contributed by atoms with Crippen LogP contribution in [0.5, 0.6) is 0 Å². The second kappa shape index (κ2) is 7.02. The molecule has 2 heterocycles. The molecule has 1 atom stereocenters. The predicted molar refractivity (Wildman–Crippen MR) is 92.3 cm³/mol. The third-order valence-corrected chi connectivity index (χ3v) is 4.28. The minimum Gasteiger partial charge on any atom is -0.315 e. The number of nitrogens with one attached hydrogen (secondary N) is 1. The van der Waals surface area contributed by atoms with E-state index in [9.17, 15) is 4.39 Å². The van der Waals surface area contributed by atoms with E-state index in [0.29, 0.717) is 18.0 Å². The number of nitrogens with zero attached hydrogens (tertiary/aromatic N) is 4. The summed E-state index contributed by atoms with van der Waals surface area (Å²) >= 11 is 5.49. The first kappa shape index (κ1) is 16.5. The maximum Gasteiger partial charge on any atom is 0.202 e. The van der Waals surface area contributed by atoms with Gasteiger partial charge in [0.1, 0.15) is 12.4 Å². The van der Waals surface area contributed by atoms with Gasteiger partial charge in [-0.3, -0.25) is 4.98 Å². The van der Waals surface area contributed by atoms with Crippen molar-refractivity contribution < 1.29 is 9.29 Å². The van der Waals surface area contributed by atoms with Crippen LogP contribution < -0.4 is 4.90 Å². The van der Waals surface area contributed by atoms with Crippen LogP contribution >= 0.6 is 12.2 Å². The number of benzene rings is 1. The molecule has 3 rings (SSSR count). The maximum absolute atomic E-state index is 13.3. The molecule has 1 aromatic carbocycles. The number of rotatable bonds is 5. The van der Waals surface area contributed by atoms with Crippen LogP contribution in [0, 0.1) is 10.6 Å². The number of hydrogen-bond acceptors (Lipinski definition) is 3. The van der Waals surface area contributed by atoms with Crippen molar-refractivity contribution >= 4 is 12.2 Å². The van der Waals surface area contributed by atoms with Gasteiger partial charge < -0.3 is 9.47 Å². The Morgan fingerprint density at radius 1 is 1.21 bits per heavy atom. The van der Waals surface area contributed by atoms with Gasteiger partial charge in [-0.25, -0.2) is 4.39 Å². The van der Waals surface area contributed by atoms with E-state index >= 15 is 0 Å². The fourth-order valence-corrected chi connectivity index (χ4v) is 2.84. The minimum absolute atomic E-state index is 0.213. The van der Waals surface area contributed by atoms with E-state index in [-0.39, 0.29) is 5.82 Å². The smallest absolute Gasteiger partial charge is 0.202 e. The Bertz CT molecular complexity index is 887. The van der Waals surface area contributed by atoms with Crippen LogP contribution in [0.2, 0.25) is 0 Å². The van der Waals surface area contributed by atoms with Crippen LogP contribution in [0.3, 0.4) is 0 Å². The summed E-state index contributed by atoms with van der Waals surface area (Å²) < 4.78 is 17.6. The van der Waals surface area contributed by atoms with E-state index in [1.165, 1.54) is 6.07 Å². The molecule has 1 unspecified atom stereocenters. The Balaban J connectivity index is 1.79. The lowest BCUT2D eigenvalue weighted by Gasteiger charge is -2.13. The zero-order chi connectivity index (χ0) is 17.1. The van der Waals surface area contributed by atoms with Gasteiger partial charge in [0.15, 0.2) is 12.5 Å². The summed E-state index contributed by atoms with van der Waals surface area (Å²) in [7, 11) is 3.94. The molecule has 1 N–H and O–H groups in total. The highest BCUT2D eigenvalue weighted by Gasteiger charge is 2.13. The van der Waals surface area contributed by atoms with E-state index in [2.05, 4.69) is 10.1 Å². The third kappa shape index (κ3) is 3.58. The van der Waals surface area contributed by atoms with Crippen LogP contribution in [-0.4, -0.2) is 26.4 Å². The fourth-order valence-electron chi connectivity index (χ4n) is 2.65. The maximum atomic E-state index is 13.3. The van der Waals surface area contributed by atoms with Crippen molar-refractivity contribution in [3.63, 3.8) is 0 Å². The van der Waals surface area contributed by atoms with Gasteiger partial charge in [0, 0.05) is 30.6 Å². The van der Waals surface area contributed by atoms with Crippen molar-refractivity contribution in [3.8, 4) is 11.4 Å². The first-order chi connectivity index (χ1) is 11.5. The SMILES string of the molecule is Cn1c(-c2ccncc2)nn(C[NH+](C)Cc2cccc(F)c2)c1=S. The van der Waals surface area contributed by atoms with Crippen molar-refractivity contribution in [2.45, 2.75) is 13.2 Å². The van der Waals surface area contributed by atoms with E-state index in [1.54, 1.807) is 29.2 Å². The largest absolute Gasteiger partial charge is 0.315 e. The molecule has 0 aliphatic heterocycles. The van der Waals surface area contributed by atoms with Crippen molar-refractivity contribution in [2.24, 2.45) is 7.05 Å². The van der Waals surface area contributed by atoms with Crippen LogP contribution in [-0.2, 0) is 20.3 Å². The summed E-state index contributed by atoms with van der Waals surface area (Å²) in [6.45, 7) is 1.30. The van der Waals surface area contributed by atoms with Gasteiger partial charge in [0.2, 0.25) is 4.77 Å². The molecule has 0 spiro atoms. The van der Waals surface area contributed by atoms with E-state index in [0.717, 1.165) is 21.9 Å². The molecule has 7 heteroatoms. The molecule has 0 aliphatic carbocycles. The number of quaternary nitrogens is 1. The summed E-state index contributed by atoms with van der Waals surface area (Å²) in [6.07, 6.45) is 3.47. The molecule has 2 aromatic heterocycles.